The number of nitrogens with one attached hydrogen (secondary N) is 1. The molecule has 0 aliphatic carbocycles. The minimum Gasteiger partial charge on any atom is -0.378 e. The van der Waals surface area contributed by atoms with Gasteiger partial charge >= 0.3 is 0 Å². The van der Waals surface area contributed by atoms with E-state index in [1.54, 1.807) is 34.8 Å². The number of morpholine rings is 1. The third-order valence-electron chi connectivity index (χ3n) is 5.16. The molecule has 30 heavy (non-hydrogen) atoms. The lowest BCUT2D eigenvalue weighted by Gasteiger charge is -2.29. The second-order valence-corrected chi connectivity index (χ2v) is 7.60. The number of carbonyl (C=O) groups excluding carboxylic acids is 1. The second-order valence-electron chi connectivity index (χ2n) is 7.22. The summed E-state index contributed by atoms with van der Waals surface area (Å²) in [6.07, 6.45) is 1.59. The molecule has 1 aliphatic rings. The van der Waals surface area contributed by atoms with E-state index in [0.29, 0.717) is 22.7 Å². The van der Waals surface area contributed by atoms with Gasteiger partial charge in [0.05, 0.1) is 13.2 Å². The number of carbonyl (C=O) groups is 1. The number of ether oxygens (including phenoxy) is 1. The lowest BCUT2D eigenvalue weighted by molar-refractivity contribution is 0.0777. The summed E-state index contributed by atoms with van der Waals surface area (Å²) in [7, 11) is 1.75. The topological polar surface area (TPSA) is 53.5 Å². The number of hydrogen-bond acceptors (Lipinski definition) is 4. The van der Waals surface area contributed by atoms with Gasteiger partial charge < -0.3 is 19.5 Å². The molecule has 2 heterocycles. The van der Waals surface area contributed by atoms with Crippen LogP contribution in [0.5, 0.6) is 0 Å². The van der Waals surface area contributed by atoms with E-state index in [1.165, 1.54) is 12.1 Å². The van der Waals surface area contributed by atoms with E-state index >= 15 is 0 Å². The number of imidazole rings is 1. The van der Waals surface area contributed by atoms with Crippen LogP contribution in [0.2, 0.25) is 0 Å². The van der Waals surface area contributed by atoms with Crippen LogP contribution in [-0.2, 0) is 11.3 Å². The number of amides is 1. The van der Waals surface area contributed by atoms with Gasteiger partial charge in [0.1, 0.15) is 11.5 Å². The summed E-state index contributed by atoms with van der Waals surface area (Å²) in [5.41, 5.74) is 3.23. The first-order chi connectivity index (χ1) is 14.5. The van der Waals surface area contributed by atoms with Crippen LogP contribution >= 0.6 is 12.2 Å². The van der Waals surface area contributed by atoms with E-state index in [9.17, 15) is 9.18 Å². The van der Waals surface area contributed by atoms with Crippen molar-refractivity contribution in [3.8, 4) is 5.69 Å². The van der Waals surface area contributed by atoms with Crippen molar-refractivity contribution in [2.45, 2.75) is 6.54 Å². The number of H-pyrrole nitrogens is 1. The molecule has 156 valence electrons. The number of benzene rings is 2. The number of aromatic nitrogens is 2. The Kier molecular flexibility index (Phi) is 5.96. The first kappa shape index (κ1) is 20.3. The molecular formula is C22H23FN4O2S. The Morgan fingerprint density at radius 3 is 2.40 bits per heavy atom. The average Bonchev–Trinajstić information content (AvgIpc) is 3.16. The lowest BCUT2D eigenvalue weighted by Crippen LogP contribution is -2.36. The Labute approximate surface area is 179 Å². The van der Waals surface area contributed by atoms with Gasteiger partial charge in [-0.05, 0) is 54.2 Å². The quantitative estimate of drug-likeness (QED) is 0.631. The maximum Gasteiger partial charge on any atom is 0.272 e. The Morgan fingerprint density at radius 1 is 1.10 bits per heavy atom. The average molecular weight is 427 g/mol. The molecule has 0 unspecified atom stereocenters. The highest BCUT2D eigenvalue weighted by Crippen LogP contribution is 2.19. The Hall–Kier alpha value is -2.97. The van der Waals surface area contributed by atoms with Gasteiger partial charge in [-0.15, -0.1) is 0 Å². The molecule has 1 aromatic heterocycles. The van der Waals surface area contributed by atoms with Crippen LogP contribution in [0.25, 0.3) is 5.69 Å². The zero-order valence-electron chi connectivity index (χ0n) is 16.7. The Bertz CT molecular complexity index is 1070. The number of halogens is 1. The molecule has 0 bridgehead atoms. The summed E-state index contributed by atoms with van der Waals surface area (Å²) in [6, 6.07) is 14.1. The lowest BCUT2D eigenvalue weighted by atomic mass is 10.1. The van der Waals surface area contributed by atoms with Gasteiger partial charge in [0.25, 0.3) is 5.91 Å². The fourth-order valence-corrected chi connectivity index (χ4v) is 3.81. The van der Waals surface area contributed by atoms with Crippen molar-refractivity contribution in [3.05, 3.63) is 76.6 Å². The maximum absolute atomic E-state index is 13.3. The van der Waals surface area contributed by atoms with E-state index in [4.69, 9.17) is 17.0 Å². The number of aromatic amines is 1. The third-order valence-corrected chi connectivity index (χ3v) is 5.46. The maximum atomic E-state index is 13.3. The molecule has 2 aromatic carbocycles. The van der Waals surface area contributed by atoms with Crippen LogP contribution in [0.3, 0.4) is 0 Å². The van der Waals surface area contributed by atoms with E-state index in [-0.39, 0.29) is 11.7 Å². The SMILES string of the molecule is CN(Cc1ccc(N2CCOCC2)cc1)C(=O)c1c[nH]c(=S)n1-c1ccc(F)cc1. The molecule has 0 spiro atoms. The smallest absolute Gasteiger partial charge is 0.272 e. The van der Waals surface area contributed by atoms with Gasteiger partial charge in [0.15, 0.2) is 4.77 Å². The van der Waals surface area contributed by atoms with Crippen molar-refractivity contribution in [2.24, 2.45) is 0 Å². The number of nitrogens with zero attached hydrogens (tertiary/aromatic N) is 3. The van der Waals surface area contributed by atoms with E-state index in [0.717, 1.165) is 37.6 Å². The largest absolute Gasteiger partial charge is 0.378 e. The zero-order valence-corrected chi connectivity index (χ0v) is 17.5. The summed E-state index contributed by atoms with van der Waals surface area (Å²) in [6.45, 7) is 3.72. The minimum absolute atomic E-state index is 0.177. The molecule has 0 atom stereocenters. The third kappa shape index (κ3) is 4.29. The molecule has 4 rings (SSSR count). The standard InChI is InChI=1S/C22H23FN4O2S/c1-25(15-16-2-6-18(7-3-16)26-10-12-29-13-11-26)21(28)20-14-24-22(30)27(20)19-8-4-17(23)5-9-19/h2-9,14H,10-13,15H2,1H3,(H,24,30). The first-order valence-corrected chi connectivity index (χ1v) is 10.2. The van der Waals surface area contributed by atoms with Crippen molar-refractivity contribution in [2.75, 3.05) is 38.3 Å². The fraction of sp³-hybridized carbons (Fsp3) is 0.273. The molecule has 0 radical (unpaired) electrons. The minimum atomic E-state index is -0.341. The molecule has 3 aromatic rings. The molecule has 6 nitrogen and oxygen atoms in total. The molecule has 1 fully saturated rings. The summed E-state index contributed by atoms with van der Waals surface area (Å²) in [4.78, 5) is 19.9. The van der Waals surface area contributed by atoms with Gasteiger partial charge in [-0.2, -0.15) is 0 Å². The number of anilines is 1. The van der Waals surface area contributed by atoms with E-state index in [1.807, 2.05) is 12.1 Å². The van der Waals surface area contributed by atoms with Crippen molar-refractivity contribution >= 4 is 23.8 Å². The molecule has 1 amide bonds. The summed E-state index contributed by atoms with van der Waals surface area (Å²) >= 11 is 5.33. The molecule has 0 saturated carbocycles. The predicted octanol–water partition coefficient (Wildman–Crippen LogP) is 3.78. The highest BCUT2D eigenvalue weighted by molar-refractivity contribution is 7.71. The van der Waals surface area contributed by atoms with Gasteiger partial charge in [-0.1, -0.05) is 12.1 Å². The van der Waals surface area contributed by atoms with Crippen LogP contribution < -0.4 is 4.90 Å². The normalized spacial score (nSPS) is 14.0. The number of rotatable bonds is 5. The van der Waals surface area contributed by atoms with Crippen LogP contribution in [0.1, 0.15) is 16.1 Å². The molecular weight excluding hydrogens is 403 g/mol. The monoisotopic (exact) mass is 426 g/mol. The van der Waals surface area contributed by atoms with Crippen molar-refractivity contribution in [1.82, 2.24) is 14.5 Å². The highest BCUT2D eigenvalue weighted by Gasteiger charge is 2.19. The van der Waals surface area contributed by atoms with Crippen LogP contribution in [0.4, 0.5) is 10.1 Å². The van der Waals surface area contributed by atoms with Crippen LogP contribution in [0.15, 0.2) is 54.7 Å². The summed E-state index contributed by atoms with van der Waals surface area (Å²) in [5.74, 6) is -0.518. The second kappa shape index (κ2) is 8.81. The van der Waals surface area contributed by atoms with Gasteiger partial charge in [0, 0.05) is 44.3 Å². The van der Waals surface area contributed by atoms with E-state index < -0.39 is 0 Å². The Morgan fingerprint density at radius 2 is 1.73 bits per heavy atom. The van der Waals surface area contributed by atoms with Gasteiger partial charge in [0.2, 0.25) is 0 Å². The molecule has 1 aliphatic heterocycles. The fourth-order valence-electron chi connectivity index (χ4n) is 3.55. The van der Waals surface area contributed by atoms with Crippen LogP contribution in [-0.4, -0.2) is 53.7 Å². The van der Waals surface area contributed by atoms with Crippen molar-refractivity contribution in [3.63, 3.8) is 0 Å². The van der Waals surface area contributed by atoms with Crippen LogP contribution in [0, 0.1) is 10.6 Å². The number of hydrogen-bond donors (Lipinski definition) is 1. The van der Waals surface area contributed by atoms with E-state index in [2.05, 4.69) is 22.0 Å². The predicted molar refractivity (Wildman–Crippen MR) is 116 cm³/mol. The van der Waals surface area contributed by atoms with Gasteiger partial charge in [-0.25, -0.2) is 4.39 Å². The zero-order chi connectivity index (χ0) is 21.1. The van der Waals surface area contributed by atoms with Crippen molar-refractivity contribution < 1.29 is 13.9 Å². The van der Waals surface area contributed by atoms with Gasteiger partial charge in [-0.3, -0.25) is 9.36 Å². The summed E-state index contributed by atoms with van der Waals surface area (Å²) < 4.78 is 20.7. The Balaban J connectivity index is 1.49. The molecule has 8 heteroatoms. The van der Waals surface area contributed by atoms with Crippen molar-refractivity contribution in [1.29, 1.82) is 0 Å². The molecule has 1 saturated heterocycles. The highest BCUT2D eigenvalue weighted by atomic mass is 32.1. The molecule has 1 N–H and O–H groups in total. The first-order valence-electron chi connectivity index (χ1n) is 9.76. The summed E-state index contributed by atoms with van der Waals surface area (Å²) in [5, 5.41) is 0.